The second-order valence-electron chi connectivity index (χ2n) is 4.25. The molecule has 1 aromatic carbocycles. The van der Waals surface area contributed by atoms with Crippen molar-refractivity contribution in [3.8, 4) is 11.4 Å². The topological polar surface area (TPSA) is 102 Å². The van der Waals surface area contributed by atoms with E-state index in [9.17, 15) is 19.9 Å². The number of rotatable bonds is 4. The molecule has 2 N–H and O–H groups in total. The van der Waals surface area contributed by atoms with Crippen molar-refractivity contribution in [2.24, 2.45) is 0 Å². The molecule has 0 aliphatic rings. The van der Waals surface area contributed by atoms with Crippen molar-refractivity contribution < 1.29 is 24.6 Å². The van der Waals surface area contributed by atoms with Crippen LogP contribution in [0.25, 0.3) is 11.4 Å². The summed E-state index contributed by atoms with van der Waals surface area (Å²) < 4.78 is 5.40. The van der Waals surface area contributed by atoms with Crippen molar-refractivity contribution in [3.05, 3.63) is 41.2 Å². The number of hydrogen-bond acceptors (Lipinski definition) is 5. The molecule has 0 radical (unpaired) electrons. The van der Waals surface area contributed by atoms with Crippen molar-refractivity contribution in [3.63, 3.8) is 0 Å². The average Bonchev–Trinajstić information content (AvgIpc) is 2.74. The number of esters is 1. The molecule has 110 valence electrons. The van der Waals surface area contributed by atoms with Crippen LogP contribution in [-0.4, -0.2) is 38.6 Å². The van der Waals surface area contributed by atoms with E-state index in [-0.39, 0.29) is 34.9 Å². The molecule has 0 amide bonds. The van der Waals surface area contributed by atoms with Crippen LogP contribution in [0.5, 0.6) is 0 Å². The zero-order valence-electron chi connectivity index (χ0n) is 11.5. The number of aryl methyl sites for hydroxylation is 1. The summed E-state index contributed by atoms with van der Waals surface area (Å²) in [6, 6.07) is 6.09. The van der Waals surface area contributed by atoms with Gasteiger partial charge in [-0.2, -0.15) is 4.73 Å². The van der Waals surface area contributed by atoms with Crippen molar-refractivity contribution >= 4 is 11.9 Å². The van der Waals surface area contributed by atoms with Gasteiger partial charge in [-0.3, -0.25) is 0 Å². The molecule has 7 heteroatoms. The lowest BCUT2D eigenvalue weighted by Crippen LogP contribution is -2.12. The third kappa shape index (κ3) is 2.58. The number of carbonyl (C=O) groups excluding carboxylic acids is 1. The van der Waals surface area contributed by atoms with Gasteiger partial charge in [0.15, 0.2) is 11.5 Å². The smallest absolute Gasteiger partial charge is 0.360 e. The minimum Gasteiger partial charge on any atom is -0.478 e. The SMILES string of the molecule is CCOC(=O)c1c(C)nc(-c2ccccc2C(=O)O)n1O. The van der Waals surface area contributed by atoms with Gasteiger partial charge in [0.25, 0.3) is 0 Å². The van der Waals surface area contributed by atoms with Crippen LogP contribution in [0.1, 0.15) is 33.5 Å². The zero-order valence-corrected chi connectivity index (χ0v) is 11.5. The molecular formula is C14H14N2O5. The van der Waals surface area contributed by atoms with E-state index in [0.29, 0.717) is 4.73 Å². The molecule has 7 nitrogen and oxygen atoms in total. The number of hydrogen-bond donors (Lipinski definition) is 2. The van der Waals surface area contributed by atoms with Crippen LogP contribution >= 0.6 is 0 Å². The van der Waals surface area contributed by atoms with Gasteiger partial charge in [-0.25, -0.2) is 14.6 Å². The number of carboxylic acids is 1. The summed E-state index contributed by atoms with van der Waals surface area (Å²) in [6.45, 7) is 3.34. The normalized spacial score (nSPS) is 10.4. The van der Waals surface area contributed by atoms with Gasteiger partial charge < -0.3 is 15.1 Å². The predicted octanol–water partition coefficient (Wildman–Crippen LogP) is 1.97. The van der Waals surface area contributed by atoms with Crippen LogP contribution in [0.4, 0.5) is 0 Å². The minimum atomic E-state index is -1.15. The van der Waals surface area contributed by atoms with Gasteiger partial charge in [-0.1, -0.05) is 18.2 Å². The highest BCUT2D eigenvalue weighted by Crippen LogP contribution is 2.25. The van der Waals surface area contributed by atoms with E-state index in [2.05, 4.69) is 4.98 Å². The Kier molecular flexibility index (Phi) is 3.93. The standard InChI is InChI=1S/C14H14N2O5/c1-3-21-14(19)11-8(2)15-12(16(11)20)9-6-4-5-7-10(9)13(17)18/h4-7,20H,3H2,1-2H3,(H,17,18). The predicted molar refractivity (Wildman–Crippen MR) is 72.5 cm³/mol. The van der Waals surface area contributed by atoms with Crippen LogP contribution < -0.4 is 0 Å². The monoisotopic (exact) mass is 290 g/mol. The summed E-state index contributed by atoms with van der Waals surface area (Å²) in [4.78, 5) is 27.1. The summed E-state index contributed by atoms with van der Waals surface area (Å²) in [7, 11) is 0. The van der Waals surface area contributed by atoms with Crippen molar-refractivity contribution in [1.82, 2.24) is 9.71 Å². The van der Waals surface area contributed by atoms with Crippen LogP contribution in [0, 0.1) is 6.92 Å². The highest BCUT2D eigenvalue weighted by atomic mass is 16.5. The van der Waals surface area contributed by atoms with Gasteiger partial charge in [-0.15, -0.1) is 0 Å². The van der Waals surface area contributed by atoms with E-state index in [4.69, 9.17) is 4.74 Å². The fourth-order valence-electron chi connectivity index (χ4n) is 1.99. The summed E-state index contributed by atoms with van der Waals surface area (Å²) >= 11 is 0. The third-order valence-corrected chi connectivity index (χ3v) is 2.90. The lowest BCUT2D eigenvalue weighted by molar-refractivity contribution is 0.0476. The Hall–Kier alpha value is -2.83. The van der Waals surface area contributed by atoms with E-state index < -0.39 is 11.9 Å². The van der Waals surface area contributed by atoms with Gasteiger partial charge in [0, 0.05) is 5.56 Å². The molecule has 1 aromatic heterocycles. The highest BCUT2D eigenvalue weighted by molar-refractivity contribution is 5.96. The number of imidazole rings is 1. The first-order valence-corrected chi connectivity index (χ1v) is 6.25. The van der Waals surface area contributed by atoms with Gasteiger partial charge in [0.1, 0.15) is 0 Å². The maximum Gasteiger partial charge on any atom is 0.360 e. The molecule has 0 saturated carbocycles. The third-order valence-electron chi connectivity index (χ3n) is 2.90. The van der Waals surface area contributed by atoms with Gasteiger partial charge in [-0.05, 0) is 19.9 Å². The molecule has 1 heterocycles. The van der Waals surface area contributed by atoms with Crippen LogP contribution in [0.3, 0.4) is 0 Å². The second-order valence-corrected chi connectivity index (χ2v) is 4.25. The number of carbonyl (C=O) groups is 2. The Morgan fingerprint density at radius 1 is 1.33 bits per heavy atom. The number of aromatic nitrogens is 2. The summed E-state index contributed by atoms with van der Waals surface area (Å²) in [5.41, 5.74) is 0.331. The number of carboxylic acid groups (broad SMARTS) is 1. The summed E-state index contributed by atoms with van der Waals surface area (Å²) in [5, 5.41) is 19.3. The highest BCUT2D eigenvalue weighted by Gasteiger charge is 2.24. The zero-order chi connectivity index (χ0) is 15.6. The Labute approximate surface area is 120 Å². The van der Waals surface area contributed by atoms with Crippen molar-refractivity contribution in [2.45, 2.75) is 13.8 Å². The lowest BCUT2D eigenvalue weighted by atomic mass is 10.1. The Morgan fingerprint density at radius 3 is 2.62 bits per heavy atom. The van der Waals surface area contributed by atoms with E-state index in [0.717, 1.165) is 0 Å². The summed E-state index contributed by atoms with van der Waals surface area (Å²) in [5.74, 6) is -1.89. The number of ether oxygens (including phenoxy) is 1. The molecular weight excluding hydrogens is 276 g/mol. The average molecular weight is 290 g/mol. The number of aromatic carboxylic acids is 1. The maximum absolute atomic E-state index is 11.8. The molecule has 0 bridgehead atoms. The molecule has 0 aliphatic carbocycles. The summed E-state index contributed by atoms with van der Waals surface area (Å²) in [6.07, 6.45) is 0. The molecule has 2 rings (SSSR count). The molecule has 0 unspecified atom stereocenters. The van der Waals surface area contributed by atoms with Crippen LogP contribution in [0.2, 0.25) is 0 Å². The largest absolute Gasteiger partial charge is 0.478 e. The van der Waals surface area contributed by atoms with E-state index in [1.807, 2.05) is 0 Å². The minimum absolute atomic E-state index is 0.0199. The van der Waals surface area contributed by atoms with Crippen molar-refractivity contribution in [1.29, 1.82) is 0 Å². The lowest BCUT2D eigenvalue weighted by Gasteiger charge is -2.06. The van der Waals surface area contributed by atoms with Gasteiger partial charge >= 0.3 is 11.9 Å². The fraction of sp³-hybridized carbons (Fsp3) is 0.214. The first-order valence-electron chi connectivity index (χ1n) is 6.25. The van der Waals surface area contributed by atoms with Gasteiger partial charge in [0.05, 0.1) is 17.9 Å². The van der Waals surface area contributed by atoms with E-state index in [1.54, 1.807) is 19.1 Å². The maximum atomic E-state index is 11.8. The number of nitrogens with zero attached hydrogens (tertiary/aromatic N) is 2. The molecule has 0 fully saturated rings. The molecule has 0 saturated heterocycles. The molecule has 0 atom stereocenters. The Balaban J connectivity index is 2.60. The molecule has 21 heavy (non-hydrogen) atoms. The molecule has 0 spiro atoms. The van der Waals surface area contributed by atoms with E-state index >= 15 is 0 Å². The van der Waals surface area contributed by atoms with Crippen LogP contribution in [0.15, 0.2) is 24.3 Å². The first kappa shape index (κ1) is 14.6. The molecule has 2 aromatic rings. The Morgan fingerprint density at radius 2 is 2.00 bits per heavy atom. The van der Waals surface area contributed by atoms with E-state index in [1.165, 1.54) is 19.1 Å². The molecule has 0 aliphatic heterocycles. The van der Waals surface area contributed by atoms with Gasteiger partial charge in [0.2, 0.25) is 0 Å². The Bertz CT molecular complexity index is 705. The van der Waals surface area contributed by atoms with Crippen molar-refractivity contribution in [2.75, 3.05) is 6.61 Å². The number of benzene rings is 1. The second kappa shape index (κ2) is 5.66. The van der Waals surface area contributed by atoms with Crippen LogP contribution in [-0.2, 0) is 4.74 Å². The quantitative estimate of drug-likeness (QED) is 0.659. The fourth-order valence-corrected chi connectivity index (χ4v) is 1.99. The first-order chi connectivity index (χ1) is 9.97.